The largest absolute Gasteiger partial charge is 0.497 e. The fraction of sp³-hybridized carbons (Fsp3) is 0.130. The van der Waals surface area contributed by atoms with E-state index < -0.39 is 11.9 Å². The quantitative estimate of drug-likeness (QED) is 0.598. The third kappa shape index (κ3) is 4.98. The van der Waals surface area contributed by atoms with Crippen LogP contribution in [0.25, 0.3) is 0 Å². The lowest BCUT2D eigenvalue weighted by molar-refractivity contribution is -0.144. The van der Waals surface area contributed by atoms with Crippen LogP contribution >= 0.6 is 0 Å². The summed E-state index contributed by atoms with van der Waals surface area (Å²) in [5.74, 6) is -0.378. The minimum absolute atomic E-state index is 0.165. The molecule has 0 spiro atoms. The number of hydrogen-bond acceptors (Lipinski definition) is 4. The maximum atomic E-state index is 13.0. The lowest BCUT2D eigenvalue weighted by Crippen LogP contribution is -2.33. The van der Waals surface area contributed by atoms with Gasteiger partial charge in [-0.05, 0) is 42.3 Å². The van der Waals surface area contributed by atoms with Gasteiger partial charge in [0.25, 0.3) is 5.91 Å². The Morgan fingerprint density at radius 2 is 1.54 bits per heavy atom. The topological polar surface area (TPSA) is 55.8 Å². The standard InChI is InChI=1S/C23H21NO4/c1-27-21-14-8-11-19(17-21)23(26)24(20-12-6-3-7-13-20)28-22(25)16-15-18-9-4-2-5-10-18/h2-14,17H,15-16H2,1H3. The van der Waals surface area contributed by atoms with Crippen molar-refractivity contribution in [2.24, 2.45) is 0 Å². The van der Waals surface area contributed by atoms with Crippen LogP contribution in [0.4, 0.5) is 5.69 Å². The van der Waals surface area contributed by atoms with Gasteiger partial charge in [0.1, 0.15) is 5.75 Å². The SMILES string of the molecule is COc1cccc(C(=O)N(OC(=O)CCc2ccccc2)c2ccccc2)c1. The predicted octanol–water partition coefficient (Wildman–Crippen LogP) is 4.43. The molecule has 3 aromatic carbocycles. The van der Waals surface area contributed by atoms with Crippen molar-refractivity contribution in [1.29, 1.82) is 0 Å². The van der Waals surface area contributed by atoms with E-state index in [9.17, 15) is 9.59 Å². The van der Waals surface area contributed by atoms with E-state index >= 15 is 0 Å². The van der Waals surface area contributed by atoms with Crippen molar-refractivity contribution in [1.82, 2.24) is 0 Å². The van der Waals surface area contributed by atoms with Gasteiger partial charge in [-0.1, -0.05) is 54.6 Å². The summed E-state index contributed by atoms with van der Waals surface area (Å²) in [6.45, 7) is 0. The molecule has 0 aromatic heterocycles. The Kier molecular flexibility index (Phi) is 6.41. The number of carbonyl (C=O) groups is 2. The van der Waals surface area contributed by atoms with E-state index in [1.165, 1.54) is 7.11 Å². The Labute approximate surface area is 164 Å². The molecule has 0 atom stereocenters. The number of methoxy groups -OCH3 is 1. The molecule has 0 aliphatic carbocycles. The van der Waals surface area contributed by atoms with Gasteiger partial charge in [0, 0.05) is 5.56 Å². The Balaban J connectivity index is 1.77. The van der Waals surface area contributed by atoms with Crippen LogP contribution in [-0.4, -0.2) is 19.0 Å². The highest BCUT2D eigenvalue weighted by atomic mass is 16.7. The van der Waals surface area contributed by atoms with Crippen LogP contribution in [-0.2, 0) is 16.1 Å². The normalized spacial score (nSPS) is 10.2. The molecule has 5 nitrogen and oxygen atoms in total. The molecule has 3 rings (SSSR count). The van der Waals surface area contributed by atoms with Crippen LogP contribution in [0.2, 0.25) is 0 Å². The first kappa shape index (κ1) is 19.2. The zero-order chi connectivity index (χ0) is 19.8. The number of aryl methyl sites for hydroxylation is 1. The second-order valence-corrected chi connectivity index (χ2v) is 6.12. The van der Waals surface area contributed by atoms with Crippen molar-refractivity contribution < 1.29 is 19.2 Å². The number of hydroxylamine groups is 1. The second kappa shape index (κ2) is 9.37. The van der Waals surface area contributed by atoms with Crippen molar-refractivity contribution in [2.75, 3.05) is 12.2 Å². The minimum Gasteiger partial charge on any atom is -0.497 e. The smallest absolute Gasteiger partial charge is 0.333 e. The van der Waals surface area contributed by atoms with E-state index in [0.717, 1.165) is 10.6 Å². The third-order valence-electron chi connectivity index (χ3n) is 4.15. The molecule has 28 heavy (non-hydrogen) atoms. The Morgan fingerprint density at radius 1 is 0.857 bits per heavy atom. The van der Waals surface area contributed by atoms with E-state index in [2.05, 4.69) is 0 Å². The van der Waals surface area contributed by atoms with E-state index in [1.807, 2.05) is 36.4 Å². The van der Waals surface area contributed by atoms with Gasteiger partial charge in [0.15, 0.2) is 0 Å². The van der Waals surface area contributed by atoms with Crippen LogP contribution in [0.15, 0.2) is 84.9 Å². The molecule has 0 fully saturated rings. The zero-order valence-corrected chi connectivity index (χ0v) is 15.6. The molecular formula is C23H21NO4. The molecule has 0 heterocycles. The molecule has 0 saturated carbocycles. The zero-order valence-electron chi connectivity index (χ0n) is 15.6. The predicted molar refractivity (Wildman–Crippen MR) is 107 cm³/mol. The molecule has 0 aliphatic rings. The minimum atomic E-state index is -0.482. The maximum Gasteiger partial charge on any atom is 0.333 e. The summed E-state index contributed by atoms with van der Waals surface area (Å²) < 4.78 is 5.18. The van der Waals surface area contributed by atoms with Crippen molar-refractivity contribution in [2.45, 2.75) is 12.8 Å². The Bertz CT molecular complexity index is 926. The molecular weight excluding hydrogens is 354 g/mol. The highest BCUT2D eigenvalue weighted by molar-refractivity contribution is 6.05. The van der Waals surface area contributed by atoms with Crippen LogP contribution < -0.4 is 9.80 Å². The third-order valence-corrected chi connectivity index (χ3v) is 4.15. The van der Waals surface area contributed by atoms with E-state index in [1.54, 1.807) is 48.5 Å². The Hall–Kier alpha value is -3.60. The molecule has 0 N–H and O–H groups in total. The Morgan fingerprint density at radius 3 is 2.21 bits per heavy atom. The average Bonchev–Trinajstić information content (AvgIpc) is 2.77. The second-order valence-electron chi connectivity index (χ2n) is 6.12. The average molecular weight is 375 g/mol. The monoisotopic (exact) mass is 375 g/mol. The summed E-state index contributed by atoms with van der Waals surface area (Å²) in [7, 11) is 1.53. The van der Waals surface area contributed by atoms with Crippen molar-refractivity contribution in [3.63, 3.8) is 0 Å². The molecule has 5 heteroatoms. The number of ether oxygens (including phenoxy) is 1. The number of amides is 1. The highest BCUT2D eigenvalue weighted by Crippen LogP contribution is 2.20. The van der Waals surface area contributed by atoms with Crippen LogP contribution in [0.5, 0.6) is 5.75 Å². The molecule has 1 amide bonds. The summed E-state index contributed by atoms with van der Waals surface area (Å²) in [5.41, 5.74) is 1.87. The van der Waals surface area contributed by atoms with Crippen LogP contribution in [0.3, 0.4) is 0 Å². The number of anilines is 1. The van der Waals surface area contributed by atoms with Crippen molar-refractivity contribution >= 4 is 17.6 Å². The first-order valence-electron chi connectivity index (χ1n) is 8.95. The van der Waals surface area contributed by atoms with Gasteiger partial charge in [-0.25, -0.2) is 4.79 Å². The van der Waals surface area contributed by atoms with E-state index in [4.69, 9.17) is 9.57 Å². The number of hydrogen-bond donors (Lipinski definition) is 0. The first-order valence-corrected chi connectivity index (χ1v) is 8.95. The number of benzene rings is 3. The lowest BCUT2D eigenvalue weighted by atomic mass is 10.1. The summed E-state index contributed by atoms with van der Waals surface area (Å²) in [4.78, 5) is 30.9. The summed E-state index contributed by atoms with van der Waals surface area (Å²) >= 11 is 0. The molecule has 0 radical (unpaired) electrons. The number of carbonyl (C=O) groups excluding carboxylic acids is 2. The fourth-order valence-corrected chi connectivity index (χ4v) is 2.69. The highest BCUT2D eigenvalue weighted by Gasteiger charge is 2.22. The van der Waals surface area contributed by atoms with Crippen LogP contribution in [0.1, 0.15) is 22.3 Å². The first-order chi connectivity index (χ1) is 13.7. The van der Waals surface area contributed by atoms with Gasteiger partial charge < -0.3 is 9.57 Å². The van der Waals surface area contributed by atoms with Gasteiger partial charge in [-0.2, -0.15) is 0 Å². The summed E-state index contributed by atoms with van der Waals surface area (Å²) in [6.07, 6.45) is 0.703. The van der Waals surface area contributed by atoms with Crippen molar-refractivity contribution in [3.05, 3.63) is 96.1 Å². The van der Waals surface area contributed by atoms with E-state index in [-0.39, 0.29) is 6.42 Å². The summed E-state index contributed by atoms with van der Waals surface area (Å²) in [6, 6.07) is 25.2. The van der Waals surface area contributed by atoms with Gasteiger partial charge in [0.05, 0.1) is 19.2 Å². The molecule has 142 valence electrons. The van der Waals surface area contributed by atoms with Gasteiger partial charge in [-0.15, -0.1) is 5.06 Å². The van der Waals surface area contributed by atoms with Gasteiger partial charge in [-0.3, -0.25) is 4.79 Å². The molecule has 0 saturated heterocycles. The van der Waals surface area contributed by atoms with Crippen LogP contribution in [0, 0.1) is 0 Å². The molecule has 0 bridgehead atoms. The molecule has 0 unspecified atom stereocenters. The number of para-hydroxylation sites is 1. The van der Waals surface area contributed by atoms with E-state index in [0.29, 0.717) is 23.4 Å². The summed E-state index contributed by atoms with van der Waals surface area (Å²) in [5, 5.41) is 1.03. The van der Waals surface area contributed by atoms with Crippen molar-refractivity contribution in [3.8, 4) is 5.75 Å². The maximum absolute atomic E-state index is 13.0. The molecule has 3 aromatic rings. The van der Waals surface area contributed by atoms with Gasteiger partial charge in [0.2, 0.25) is 0 Å². The van der Waals surface area contributed by atoms with Gasteiger partial charge >= 0.3 is 5.97 Å². The number of nitrogens with zero attached hydrogens (tertiary/aromatic N) is 1. The molecule has 0 aliphatic heterocycles. The lowest BCUT2D eigenvalue weighted by Gasteiger charge is -2.21. The number of rotatable bonds is 6. The fourth-order valence-electron chi connectivity index (χ4n) is 2.69.